The molecular formula is C15H23BrN2O. The molecule has 1 amide bonds. The first-order valence-electron chi connectivity index (χ1n) is 6.85. The van der Waals surface area contributed by atoms with Crippen molar-refractivity contribution in [3.8, 4) is 0 Å². The van der Waals surface area contributed by atoms with Gasteiger partial charge in [0.25, 0.3) is 5.91 Å². The van der Waals surface area contributed by atoms with Gasteiger partial charge in [-0.05, 0) is 60.1 Å². The van der Waals surface area contributed by atoms with E-state index in [4.69, 9.17) is 0 Å². The fourth-order valence-electron chi connectivity index (χ4n) is 1.97. The number of hydrogen-bond donors (Lipinski definition) is 1. The lowest BCUT2D eigenvalue weighted by atomic mass is 10.1. The maximum Gasteiger partial charge on any atom is 0.252 e. The maximum absolute atomic E-state index is 12.0. The Kier molecular flexibility index (Phi) is 7.10. The van der Waals surface area contributed by atoms with Crippen molar-refractivity contribution >= 4 is 21.8 Å². The van der Waals surface area contributed by atoms with Crippen LogP contribution in [0.15, 0.2) is 22.7 Å². The number of carbonyl (C=O) groups is 1. The number of rotatable bonds is 7. The van der Waals surface area contributed by atoms with Crippen LogP contribution < -0.4 is 5.32 Å². The summed E-state index contributed by atoms with van der Waals surface area (Å²) < 4.78 is 0.853. The van der Waals surface area contributed by atoms with E-state index >= 15 is 0 Å². The Morgan fingerprint density at radius 2 is 2.05 bits per heavy atom. The van der Waals surface area contributed by atoms with E-state index in [0.29, 0.717) is 12.1 Å². The van der Waals surface area contributed by atoms with Crippen molar-refractivity contribution in [2.45, 2.75) is 27.2 Å². The van der Waals surface area contributed by atoms with Gasteiger partial charge >= 0.3 is 0 Å². The predicted octanol–water partition coefficient (Wildman–Crippen LogP) is 3.22. The standard InChI is InChI=1S/C15H23BrN2O/c1-4-9-18(5-2)10-8-17-15(19)13-7-6-12(3)11-14(13)16/h6-7,11H,4-5,8-10H2,1-3H3,(H,17,19). The lowest BCUT2D eigenvalue weighted by Gasteiger charge is -2.19. The van der Waals surface area contributed by atoms with E-state index in [0.717, 1.165) is 36.1 Å². The molecule has 0 unspecified atom stereocenters. The average molecular weight is 327 g/mol. The van der Waals surface area contributed by atoms with Gasteiger partial charge in [0.1, 0.15) is 0 Å². The highest BCUT2D eigenvalue weighted by Gasteiger charge is 2.09. The third kappa shape index (κ3) is 5.33. The van der Waals surface area contributed by atoms with Crippen molar-refractivity contribution in [2.24, 2.45) is 0 Å². The van der Waals surface area contributed by atoms with E-state index in [1.807, 2.05) is 25.1 Å². The molecule has 106 valence electrons. The third-order valence-electron chi connectivity index (χ3n) is 3.07. The summed E-state index contributed by atoms with van der Waals surface area (Å²) in [6.45, 7) is 10.0. The van der Waals surface area contributed by atoms with Gasteiger partial charge in [0.2, 0.25) is 0 Å². The summed E-state index contributed by atoms with van der Waals surface area (Å²) in [5.74, 6) is -0.0144. The number of halogens is 1. The monoisotopic (exact) mass is 326 g/mol. The van der Waals surface area contributed by atoms with Crippen molar-refractivity contribution in [2.75, 3.05) is 26.2 Å². The van der Waals surface area contributed by atoms with Crippen LogP contribution in [-0.4, -0.2) is 37.0 Å². The molecule has 0 bridgehead atoms. The zero-order valence-corrected chi connectivity index (χ0v) is 13.6. The zero-order valence-electron chi connectivity index (χ0n) is 12.0. The van der Waals surface area contributed by atoms with Gasteiger partial charge in [0, 0.05) is 17.6 Å². The molecule has 1 aromatic carbocycles. The van der Waals surface area contributed by atoms with Crippen LogP contribution in [0.2, 0.25) is 0 Å². The highest BCUT2D eigenvalue weighted by molar-refractivity contribution is 9.10. The molecule has 1 rings (SSSR count). The quantitative estimate of drug-likeness (QED) is 0.834. The van der Waals surface area contributed by atoms with Gasteiger partial charge in [-0.25, -0.2) is 0 Å². The molecule has 0 heterocycles. The van der Waals surface area contributed by atoms with E-state index in [1.165, 1.54) is 0 Å². The number of aryl methyl sites for hydroxylation is 1. The van der Waals surface area contributed by atoms with Crippen molar-refractivity contribution in [3.63, 3.8) is 0 Å². The second-order valence-electron chi connectivity index (χ2n) is 4.67. The average Bonchev–Trinajstić information content (AvgIpc) is 2.37. The molecule has 1 N–H and O–H groups in total. The normalized spacial score (nSPS) is 10.8. The van der Waals surface area contributed by atoms with Crippen LogP contribution in [0.3, 0.4) is 0 Å². The van der Waals surface area contributed by atoms with Gasteiger partial charge in [0.15, 0.2) is 0 Å². The summed E-state index contributed by atoms with van der Waals surface area (Å²) in [7, 11) is 0. The number of hydrogen-bond acceptors (Lipinski definition) is 2. The number of carbonyl (C=O) groups excluding carboxylic acids is 1. The van der Waals surface area contributed by atoms with Crippen molar-refractivity contribution in [3.05, 3.63) is 33.8 Å². The Morgan fingerprint density at radius 3 is 2.63 bits per heavy atom. The lowest BCUT2D eigenvalue weighted by Crippen LogP contribution is -2.35. The molecule has 0 fully saturated rings. The minimum absolute atomic E-state index is 0.0144. The SMILES string of the molecule is CCCN(CC)CCNC(=O)c1ccc(C)cc1Br. The van der Waals surface area contributed by atoms with Crippen molar-refractivity contribution in [1.29, 1.82) is 0 Å². The number of benzene rings is 1. The molecule has 3 nitrogen and oxygen atoms in total. The summed E-state index contributed by atoms with van der Waals surface area (Å²) >= 11 is 3.44. The molecule has 0 spiro atoms. The zero-order chi connectivity index (χ0) is 14.3. The van der Waals surface area contributed by atoms with Crippen molar-refractivity contribution < 1.29 is 4.79 Å². The Labute approximate surface area is 124 Å². The lowest BCUT2D eigenvalue weighted by molar-refractivity contribution is 0.0948. The Morgan fingerprint density at radius 1 is 1.32 bits per heavy atom. The fraction of sp³-hybridized carbons (Fsp3) is 0.533. The first kappa shape index (κ1) is 16.2. The van der Waals surface area contributed by atoms with Crippen LogP contribution in [0.5, 0.6) is 0 Å². The molecule has 1 aromatic rings. The molecule has 4 heteroatoms. The number of likely N-dealkylation sites (N-methyl/N-ethyl adjacent to an activating group) is 1. The molecule has 0 aliphatic heterocycles. The summed E-state index contributed by atoms with van der Waals surface area (Å²) in [6, 6.07) is 5.78. The molecule has 0 radical (unpaired) electrons. The topological polar surface area (TPSA) is 32.3 Å². The van der Waals surface area contributed by atoms with Crippen LogP contribution in [0, 0.1) is 6.92 Å². The van der Waals surface area contributed by atoms with Crippen LogP contribution in [0.25, 0.3) is 0 Å². The first-order valence-corrected chi connectivity index (χ1v) is 7.64. The summed E-state index contributed by atoms with van der Waals surface area (Å²) in [6.07, 6.45) is 1.14. The Bertz CT molecular complexity index is 421. The van der Waals surface area contributed by atoms with Crippen molar-refractivity contribution in [1.82, 2.24) is 10.2 Å². The second-order valence-corrected chi connectivity index (χ2v) is 5.53. The Hall–Kier alpha value is -0.870. The van der Waals surface area contributed by atoms with Gasteiger partial charge in [-0.2, -0.15) is 0 Å². The third-order valence-corrected chi connectivity index (χ3v) is 3.73. The summed E-state index contributed by atoms with van der Waals surface area (Å²) in [4.78, 5) is 14.4. The van der Waals surface area contributed by atoms with E-state index in [9.17, 15) is 4.79 Å². The van der Waals surface area contributed by atoms with Gasteiger partial charge in [-0.15, -0.1) is 0 Å². The van der Waals surface area contributed by atoms with Crippen LogP contribution in [0.4, 0.5) is 0 Å². The predicted molar refractivity (Wildman–Crippen MR) is 83.6 cm³/mol. The smallest absolute Gasteiger partial charge is 0.252 e. The molecule has 0 saturated carbocycles. The largest absolute Gasteiger partial charge is 0.351 e. The van der Waals surface area contributed by atoms with Crippen LogP contribution in [0.1, 0.15) is 36.2 Å². The summed E-state index contributed by atoms with van der Waals surface area (Å²) in [5.41, 5.74) is 1.84. The maximum atomic E-state index is 12.0. The highest BCUT2D eigenvalue weighted by atomic mass is 79.9. The van der Waals surface area contributed by atoms with E-state index in [-0.39, 0.29) is 5.91 Å². The van der Waals surface area contributed by atoms with Gasteiger partial charge in [0.05, 0.1) is 5.56 Å². The van der Waals surface area contributed by atoms with Gasteiger partial charge in [-0.1, -0.05) is 19.9 Å². The van der Waals surface area contributed by atoms with E-state index in [1.54, 1.807) is 0 Å². The molecule has 0 aromatic heterocycles. The Balaban J connectivity index is 2.47. The van der Waals surface area contributed by atoms with Gasteiger partial charge in [-0.3, -0.25) is 4.79 Å². The van der Waals surface area contributed by atoms with E-state index < -0.39 is 0 Å². The van der Waals surface area contributed by atoms with E-state index in [2.05, 4.69) is 40.0 Å². The summed E-state index contributed by atoms with van der Waals surface area (Å²) in [5, 5.41) is 2.97. The number of amides is 1. The first-order chi connectivity index (χ1) is 9.08. The molecule has 0 saturated heterocycles. The second kappa shape index (κ2) is 8.33. The molecule has 0 aliphatic rings. The minimum atomic E-state index is -0.0144. The number of nitrogens with zero attached hydrogens (tertiary/aromatic N) is 1. The molecule has 0 aliphatic carbocycles. The number of nitrogens with one attached hydrogen (secondary N) is 1. The van der Waals surface area contributed by atoms with Crippen LogP contribution >= 0.6 is 15.9 Å². The molecule has 19 heavy (non-hydrogen) atoms. The molecule has 0 atom stereocenters. The minimum Gasteiger partial charge on any atom is -0.351 e. The fourth-order valence-corrected chi connectivity index (χ4v) is 2.64. The van der Waals surface area contributed by atoms with Gasteiger partial charge < -0.3 is 10.2 Å². The molecular weight excluding hydrogens is 304 g/mol. The highest BCUT2D eigenvalue weighted by Crippen LogP contribution is 2.18. The van der Waals surface area contributed by atoms with Crippen LogP contribution in [-0.2, 0) is 0 Å².